The Balaban J connectivity index is 1.46. The summed E-state index contributed by atoms with van der Waals surface area (Å²) in [5, 5.41) is 2.16. The summed E-state index contributed by atoms with van der Waals surface area (Å²) in [6.45, 7) is 1.95. The number of imide groups is 1. The van der Waals surface area contributed by atoms with Crippen LogP contribution < -0.4 is 4.90 Å². The summed E-state index contributed by atoms with van der Waals surface area (Å²) < 4.78 is 0. The van der Waals surface area contributed by atoms with E-state index in [0.717, 1.165) is 26.9 Å². The van der Waals surface area contributed by atoms with E-state index in [1.54, 1.807) is 24.1 Å². The van der Waals surface area contributed by atoms with Crippen molar-refractivity contribution in [2.45, 2.75) is 13.3 Å². The maximum atomic E-state index is 12.7. The number of benzene rings is 3. The topological polar surface area (TPSA) is 57.7 Å². The van der Waals surface area contributed by atoms with Gasteiger partial charge in [0.2, 0.25) is 5.91 Å². The minimum Gasteiger partial charge on any atom is -0.315 e. The predicted octanol–water partition coefficient (Wildman–Crippen LogP) is 3.80. The number of carbonyl (C=O) groups is 3. The van der Waals surface area contributed by atoms with Crippen molar-refractivity contribution < 1.29 is 14.4 Å². The summed E-state index contributed by atoms with van der Waals surface area (Å²) in [6, 6.07) is 19.0. The Labute approximate surface area is 163 Å². The molecule has 0 aromatic heterocycles. The van der Waals surface area contributed by atoms with E-state index in [-0.39, 0.29) is 30.7 Å². The van der Waals surface area contributed by atoms with E-state index in [1.165, 1.54) is 0 Å². The van der Waals surface area contributed by atoms with E-state index >= 15 is 0 Å². The molecule has 3 amide bonds. The average molecular weight is 372 g/mol. The first-order valence-electron chi connectivity index (χ1n) is 9.18. The molecule has 0 unspecified atom stereocenters. The lowest BCUT2D eigenvalue weighted by Gasteiger charge is -2.20. The lowest BCUT2D eigenvalue weighted by Crippen LogP contribution is -2.35. The Morgan fingerprint density at radius 1 is 0.893 bits per heavy atom. The van der Waals surface area contributed by atoms with Crippen LogP contribution in [0, 0.1) is 6.92 Å². The van der Waals surface area contributed by atoms with Gasteiger partial charge in [-0.2, -0.15) is 0 Å². The van der Waals surface area contributed by atoms with Crippen molar-refractivity contribution in [3.05, 3.63) is 77.4 Å². The van der Waals surface area contributed by atoms with Crippen LogP contribution in [-0.2, 0) is 4.79 Å². The molecule has 5 nitrogen and oxygen atoms in total. The Morgan fingerprint density at radius 3 is 2.39 bits per heavy atom. The van der Waals surface area contributed by atoms with Gasteiger partial charge in [-0.15, -0.1) is 0 Å². The maximum Gasteiger partial charge on any atom is 0.261 e. The molecule has 1 aliphatic heterocycles. The second kappa shape index (κ2) is 6.93. The van der Waals surface area contributed by atoms with E-state index in [1.807, 2.05) is 55.5 Å². The number of amides is 3. The minimum atomic E-state index is -0.332. The first-order chi connectivity index (χ1) is 13.5. The molecule has 4 rings (SSSR count). The molecule has 0 radical (unpaired) electrons. The number of fused-ring (bicyclic) bond motifs is 2. The van der Waals surface area contributed by atoms with E-state index in [0.29, 0.717) is 11.1 Å². The van der Waals surface area contributed by atoms with Crippen LogP contribution in [0.25, 0.3) is 10.8 Å². The second-order valence-corrected chi connectivity index (χ2v) is 7.05. The Bertz CT molecular complexity index is 1120. The second-order valence-electron chi connectivity index (χ2n) is 7.05. The molecule has 0 saturated heterocycles. The molecular formula is C23H20N2O3. The van der Waals surface area contributed by atoms with E-state index in [9.17, 15) is 14.4 Å². The third-order valence-electron chi connectivity index (χ3n) is 5.17. The molecule has 0 N–H and O–H groups in total. The summed E-state index contributed by atoms with van der Waals surface area (Å²) in [5.41, 5.74) is 2.53. The molecule has 5 heteroatoms. The van der Waals surface area contributed by atoms with Gasteiger partial charge in [0.1, 0.15) is 0 Å². The Morgan fingerprint density at radius 2 is 1.61 bits per heavy atom. The van der Waals surface area contributed by atoms with Crippen LogP contribution in [0.1, 0.15) is 32.7 Å². The third kappa shape index (κ3) is 3.05. The van der Waals surface area contributed by atoms with Gasteiger partial charge >= 0.3 is 0 Å². The molecule has 3 aromatic carbocycles. The van der Waals surface area contributed by atoms with Crippen molar-refractivity contribution in [1.29, 1.82) is 0 Å². The molecule has 0 spiro atoms. The van der Waals surface area contributed by atoms with Crippen molar-refractivity contribution in [3.63, 3.8) is 0 Å². The van der Waals surface area contributed by atoms with E-state index < -0.39 is 0 Å². The number of nitrogens with zero attached hydrogens (tertiary/aromatic N) is 2. The van der Waals surface area contributed by atoms with Crippen LogP contribution in [0.2, 0.25) is 0 Å². The van der Waals surface area contributed by atoms with Gasteiger partial charge in [0.25, 0.3) is 11.8 Å². The van der Waals surface area contributed by atoms with Crippen LogP contribution in [0.3, 0.4) is 0 Å². The standard InChI is InChI=1S/C23H20N2O3/c1-15-7-10-19-20(13-15)23(28)25(22(19)27)12-11-21(26)24(2)18-9-8-16-5-3-4-6-17(16)14-18/h3-10,13-14H,11-12H2,1-2H3. The van der Waals surface area contributed by atoms with E-state index in [2.05, 4.69) is 0 Å². The van der Waals surface area contributed by atoms with Crippen molar-refractivity contribution in [3.8, 4) is 0 Å². The van der Waals surface area contributed by atoms with Gasteiger partial charge in [0.15, 0.2) is 0 Å². The number of anilines is 1. The van der Waals surface area contributed by atoms with Gasteiger partial charge in [-0.3, -0.25) is 19.3 Å². The quantitative estimate of drug-likeness (QED) is 0.655. The van der Waals surface area contributed by atoms with Crippen molar-refractivity contribution >= 4 is 34.2 Å². The zero-order valence-electron chi connectivity index (χ0n) is 15.8. The first-order valence-corrected chi connectivity index (χ1v) is 9.18. The van der Waals surface area contributed by atoms with Crippen molar-refractivity contribution in [2.75, 3.05) is 18.5 Å². The van der Waals surface area contributed by atoms with Gasteiger partial charge in [-0.25, -0.2) is 0 Å². The third-order valence-corrected chi connectivity index (χ3v) is 5.17. The monoisotopic (exact) mass is 372 g/mol. The maximum absolute atomic E-state index is 12.7. The number of aryl methyl sites for hydroxylation is 1. The van der Waals surface area contributed by atoms with Crippen LogP contribution in [-0.4, -0.2) is 36.2 Å². The molecule has 0 aliphatic carbocycles. The molecular weight excluding hydrogens is 352 g/mol. The predicted molar refractivity (Wildman–Crippen MR) is 109 cm³/mol. The van der Waals surface area contributed by atoms with Gasteiger partial charge in [-0.1, -0.05) is 42.0 Å². The number of hydrogen-bond acceptors (Lipinski definition) is 3. The van der Waals surface area contributed by atoms with Crippen molar-refractivity contribution in [1.82, 2.24) is 4.90 Å². The molecule has 0 atom stereocenters. The van der Waals surface area contributed by atoms with Crippen LogP contribution in [0.4, 0.5) is 5.69 Å². The summed E-state index contributed by atoms with van der Waals surface area (Å²) >= 11 is 0. The normalized spacial score (nSPS) is 13.1. The van der Waals surface area contributed by atoms with Crippen LogP contribution in [0.5, 0.6) is 0 Å². The minimum absolute atomic E-state index is 0.0716. The van der Waals surface area contributed by atoms with Gasteiger partial charge in [0.05, 0.1) is 11.1 Å². The molecule has 0 fully saturated rings. The fourth-order valence-corrected chi connectivity index (χ4v) is 3.51. The fourth-order valence-electron chi connectivity index (χ4n) is 3.51. The zero-order chi connectivity index (χ0) is 19.8. The lowest BCUT2D eigenvalue weighted by atomic mass is 10.1. The van der Waals surface area contributed by atoms with Crippen molar-refractivity contribution in [2.24, 2.45) is 0 Å². The largest absolute Gasteiger partial charge is 0.315 e. The van der Waals surface area contributed by atoms with E-state index in [4.69, 9.17) is 0 Å². The molecule has 28 heavy (non-hydrogen) atoms. The molecule has 1 heterocycles. The number of carbonyl (C=O) groups excluding carboxylic acids is 3. The highest BCUT2D eigenvalue weighted by atomic mass is 16.2. The zero-order valence-corrected chi connectivity index (χ0v) is 15.8. The molecule has 3 aromatic rings. The Hall–Kier alpha value is -3.47. The van der Waals surface area contributed by atoms with Gasteiger partial charge < -0.3 is 4.90 Å². The van der Waals surface area contributed by atoms with Gasteiger partial charge in [-0.05, 0) is 42.0 Å². The summed E-state index contributed by atoms with van der Waals surface area (Å²) in [7, 11) is 1.71. The average Bonchev–Trinajstić information content (AvgIpc) is 2.94. The first kappa shape index (κ1) is 17.9. The van der Waals surface area contributed by atoms with Crippen LogP contribution >= 0.6 is 0 Å². The molecule has 140 valence electrons. The highest BCUT2D eigenvalue weighted by Crippen LogP contribution is 2.25. The highest BCUT2D eigenvalue weighted by molar-refractivity contribution is 6.21. The molecule has 0 saturated carbocycles. The smallest absolute Gasteiger partial charge is 0.261 e. The number of rotatable bonds is 4. The van der Waals surface area contributed by atoms with Crippen LogP contribution in [0.15, 0.2) is 60.7 Å². The Kier molecular flexibility index (Phi) is 4.43. The molecule has 1 aliphatic rings. The van der Waals surface area contributed by atoms with Gasteiger partial charge in [0, 0.05) is 25.7 Å². The SMILES string of the molecule is Cc1ccc2c(c1)C(=O)N(CCC(=O)N(C)c1ccc3ccccc3c1)C2=O. The highest BCUT2D eigenvalue weighted by Gasteiger charge is 2.35. The lowest BCUT2D eigenvalue weighted by molar-refractivity contribution is -0.118. The summed E-state index contributed by atoms with van der Waals surface area (Å²) in [6.07, 6.45) is 0.0772. The fraction of sp³-hybridized carbons (Fsp3) is 0.174. The number of hydrogen-bond donors (Lipinski definition) is 0. The summed E-state index contributed by atoms with van der Waals surface area (Å²) in [4.78, 5) is 40.4. The molecule has 0 bridgehead atoms. The summed E-state index contributed by atoms with van der Waals surface area (Å²) in [5.74, 6) is -0.811.